The van der Waals surface area contributed by atoms with Crippen LogP contribution in [-0.2, 0) is 15.8 Å². The van der Waals surface area contributed by atoms with Crippen molar-refractivity contribution in [1.82, 2.24) is 5.32 Å². The molecule has 0 heterocycles. The number of rotatable bonds is 10. The van der Waals surface area contributed by atoms with Gasteiger partial charge in [-0.25, -0.2) is 4.79 Å². The third-order valence-corrected chi connectivity index (χ3v) is 4.84. The number of amides is 1. The Balaban J connectivity index is 2.24. The Kier molecular flexibility index (Phi) is 8.96. The van der Waals surface area contributed by atoms with E-state index in [0.29, 0.717) is 24.3 Å². The second-order valence-electron chi connectivity index (χ2n) is 7.76. The van der Waals surface area contributed by atoms with E-state index < -0.39 is 14.4 Å². The lowest BCUT2D eigenvalue weighted by atomic mass is 10.1. The zero-order valence-corrected chi connectivity index (χ0v) is 18.5. The van der Waals surface area contributed by atoms with Crippen molar-refractivity contribution in [3.8, 4) is 0 Å². The molecule has 0 radical (unpaired) electrons. The molecule has 1 amide bonds. The van der Waals surface area contributed by atoms with Crippen LogP contribution in [0.3, 0.4) is 0 Å². The predicted molar refractivity (Wildman–Crippen MR) is 118 cm³/mol. The van der Waals surface area contributed by atoms with Gasteiger partial charge in [-0.05, 0) is 44.5 Å². The molecular weight excluding hydrogens is 382 g/mol. The summed E-state index contributed by atoms with van der Waals surface area (Å²) in [5, 5.41) is 12.1. The fourth-order valence-corrected chi connectivity index (χ4v) is 3.57. The molecule has 5 nitrogen and oxygen atoms in total. The van der Waals surface area contributed by atoms with Crippen molar-refractivity contribution in [2.75, 3.05) is 6.61 Å². The number of hydrogen-bond acceptors (Lipinski definition) is 4. The normalized spacial score (nSPS) is 12.1. The van der Waals surface area contributed by atoms with Gasteiger partial charge in [0.2, 0.25) is 8.32 Å². The van der Waals surface area contributed by atoms with Crippen LogP contribution in [0.1, 0.15) is 30.4 Å². The number of aliphatic hydroxyl groups excluding tert-OH is 1. The molecule has 0 aliphatic carbocycles. The lowest BCUT2D eigenvalue weighted by molar-refractivity contribution is 0.142. The maximum Gasteiger partial charge on any atom is 0.411 e. The third-order valence-electron chi connectivity index (χ3n) is 4.02. The topological polar surface area (TPSA) is 67.8 Å². The number of ether oxygens (including phenoxy) is 1. The van der Waals surface area contributed by atoms with Crippen molar-refractivity contribution in [3.63, 3.8) is 0 Å². The van der Waals surface area contributed by atoms with Gasteiger partial charge in [0.15, 0.2) is 0 Å². The molecule has 0 bridgehead atoms. The van der Waals surface area contributed by atoms with Crippen molar-refractivity contribution >= 4 is 20.2 Å². The number of alkyl carbamates (subject to hydrolysis) is 1. The molecule has 2 aromatic carbocycles. The lowest BCUT2D eigenvalue weighted by Gasteiger charge is -2.25. The molecule has 156 valence electrons. The van der Waals surface area contributed by atoms with E-state index in [4.69, 9.17) is 14.3 Å². The highest BCUT2D eigenvalue weighted by Gasteiger charge is 2.22. The van der Waals surface area contributed by atoms with Crippen LogP contribution in [0.25, 0.3) is 5.76 Å². The Bertz CT molecular complexity index is 786. The second-order valence-corrected chi connectivity index (χ2v) is 12.2. The standard InChI is InChI=1S/C23H31NO4Si/c1-29(2,3)28-22(20-14-8-5-9-15-20)21(16-10-11-17-25)24-23(26)27-18-19-12-6-4-7-13-19/h4-9,12-15,25H,10-11,16-18H2,1-3H3,(H,24,26)/b22-21-. The van der Waals surface area contributed by atoms with Gasteiger partial charge in [0, 0.05) is 12.2 Å². The van der Waals surface area contributed by atoms with Gasteiger partial charge >= 0.3 is 6.09 Å². The van der Waals surface area contributed by atoms with Crippen LogP contribution >= 0.6 is 0 Å². The molecule has 2 rings (SSSR count). The Morgan fingerprint density at radius 1 is 0.966 bits per heavy atom. The van der Waals surface area contributed by atoms with Gasteiger partial charge in [-0.3, -0.25) is 5.32 Å². The molecule has 0 saturated carbocycles. The summed E-state index contributed by atoms with van der Waals surface area (Å²) in [5.74, 6) is 0.680. The predicted octanol–water partition coefficient (Wildman–Crippen LogP) is 5.30. The molecule has 0 atom stereocenters. The van der Waals surface area contributed by atoms with E-state index in [9.17, 15) is 4.79 Å². The number of benzene rings is 2. The van der Waals surface area contributed by atoms with Crippen LogP contribution < -0.4 is 5.32 Å². The summed E-state index contributed by atoms with van der Waals surface area (Å²) in [6, 6.07) is 19.3. The highest BCUT2D eigenvalue weighted by atomic mass is 28.4. The number of aliphatic hydroxyl groups is 1. The molecule has 0 unspecified atom stereocenters. The van der Waals surface area contributed by atoms with E-state index in [1.165, 1.54) is 0 Å². The Morgan fingerprint density at radius 2 is 1.59 bits per heavy atom. The molecule has 6 heteroatoms. The van der Waals surface area contributed by atoms with Crippen LogP contribution in [0, 0.1) is 0 Å². The molecule has 2 N–H and O–H groups in total. The first-order chi connectivity index (χ1) is 13.9. The van der Waals surface area contributed by atoms with Gasteiger partial charge in [-0.2, -0.15) is 0 Å². The molecule has 0 aliphatic heterocycles. The van der Waals surface area contributed by atoms with E-state index in [-0.39, 0.29) is 13.2 Å². The van der Waals surface area contributed by atoms with Crippen molar-refractivity contribution < 1.29 is 19.1 Å². The van der Waals surface area contributed by atoms with E-state index in [2.05, 4.69) is 25.0 Å². The highest BCUT2D eigenvalue weighted by Crippen LogP contribution is 2.26. The minimum absolute atomic E-state index is 0.112. The van der Waals surface area contributed by atoms with Crippen molar-refractivity contribution in [3.05, 3.63) is 77.5 Å². The van der Waals surface area contributed by atoms with E-state index in [1.807, 2.05) is 60.7 Å². The molecular formula is C23H31NO4Si. The number of nitrogens with one attached hydrogen (secondary N) is 1. The van der Waals surface area contributed by atoms with Gasteiger partial charge in [0.05, 0.1) is 5.70 Å². The van der Waals surface area contributed by atoms with E-state index >= 15 is 0 Å². The molecule has 0 aliphatic rings. The maximum atomic E-state index is 12.5. The third kappa shape index (κ3) is 8.54. The summed E-state index contributed by atoms with van der Waals surface area (Å²) >= 11 is 0. The number of hydrogen-bond donors (Lipinski definition) is 2. The molecule has 2 aromatic rings. The average molecular weight is 414 g/mol. The molecule has 0 aromatic heterocycles. The molecule has 0 fully saturated rings. The molecule has 29 heavy (non-hydrogen) atoms. The fourth-order valence-electron chi connectivity index (χ4n) is 2.72. The van der Waals surface area contributed by atoms with Crippen LogP contribution in [-0.4, -0.2) is 26.1 Å². The van der Waals surface area contributed by atoms with Crippen LogP contribution in [0.4, 0.5) is 4.79 Å². The van der Waals surface area contributed by atoms with E-state index in [1.54, 1.807) is 0 Å². The number of allylic oxidation sites excluding steroid dienone is 1. The largest absolute Gasteiger partial charge is 0.543 e. The fraction of sp³-hybridized carbons (Fsp3) is 0.348. The first-order valence-corrected chi connectivity index (χ1v) is 13.4. The summed E-state index contributed by atoms with van der Waals surface area (Å²) in [6.45, 7) is 6.63. The SMILES string of the molecule is C[Si](C)(C)O/C(=C(/CCCCO)NC(=O)OCc1ccccc1)c1ccccc1. The molecule has 0 spiro atoms. The van der Waals surface area contributed by atoms with Crippen LogP contribution in [0.5, 0.6) is 0 Å². The quantitative estimate of drug-likeness (QED) is 0.315. The van der Waals surface area contributed by atoms with Crippen molar-refractivity contribution in [1.29, 1.82) is 0 Å². The van der Waals surface area contributed by atoms with Gasteiger partial charge in [-0.15, -0.1) is 0 Å². The highest BCUT2D eigenvalue weighted by molar-refractivity contribution is 6.70. The first-order valence-electron chi connectivity index (χ1n) is 9.95. The summed E-state index contributed by atoms with van der Waals surface area (Å²) in [4.78, 5) is 12.5. The minimum atomic E-state index is -1.93. The summed E-state index contributed by atoms with van der Waals surface area (Å²) in [7, 11) is -1.93. The number of unbranched alkanes of at least 4 members (excludes halogenated alkanes) is 1. The van der Waals surface area contributed by atoms with Gasteiger partial charge < -0.3 is 14.3 Å². The van der Waals surface area contributed by atoms with Gasteiger partial charge in [-0.1, -0.05) is 60.7 Å². The Labute approximate surface area is 174 Å². The van der Waals surface area contributed by atoms with Gasteiger partial charge in [0.1, 0.15) is 12.4 Å². The number of carbonyl (C=O) groups excluding carboxylic acids is 1. The maximum absolute atomic E-state index is 12.5. The minimum Gasteiger partial charge on any atom is -0.543 e. The smallest absolute Gasteiger partial charge is 0.411 e. The number of carbonyl (C=O) groups is 1. The zero-order valence-electron chi connectivity index (χ0n) is 17.5. The summed E-state index contributed by atoms with van der Waals surface area (Å²) in [6.07, 6.45) is 1.45. The lowest BCUT2D eigenvalue weighted by Crippen LogP contribution is -2.29. The summed E-state index contributed by atoms with van der Waals surface area (Å²) < 4.78 is 11.8. The zero-order chi connectivity index (χ0) is 21.1. The second kappa shape index (κ2) is 11.4. The summed E-state index contributed by atoms with van der Waals surface area (Å²) in [5.41, 5.74) is 2.53. The van der Waals surface area contributed by atoms with Crippen molar-refractivity contribution in [2.45, 2.75) is 45.5 Å². The van der Waals surface area contributed by atoms with Gasteiger partial charge in [0.25, 0.3) is 0 Å². The van der Waals surface area contributed by atoms with Crippen molar-refractivity contribution in [2.24, 2.45) is 0 Å². The Hall–Kier alpha value is -2.57. The molecule has 0 saturated heterocycles. The first kappa shape index (κ1) is 22.7. The average Bonchev–Trinajstić information content (AvgIpc) is 2.71. The van der Waals surface area contributed by atoms with Crippen LogP contribution in [0.2, 0.25) is 19.6 Å². The monoisotopic (exact) mass is 413 g/mol. The van der Waals surface area contributed by atoms with E-state index in [0.717, 1.165) is 17.5 Å². The Morgan fingerprint density at radius 3 is 2.17 bits per heavy atom. The van der Waals surface area contributed by atoms with Crippen LogP contribution in [0.15, 0.2) is 66.4 Å².